The van der Waals surface area contributed by atoms with Crippen LogP contribution < -0.4 is 5.73 Å². The fraction of sp³-hybridized carbons (Fsp3) is 0.125. The number of hydrogen-bond donors (Lipinski definition) is 0. The second-order valence-corrected chi connectivity index (χ2v) is 2.58. The number of nitrogens with one attached hydrogen (secondary N) is 1. The molecule has 1 aromatic carbocycles. The molecule has 2 heteroatoms. The van der Waals surface area contributed by atoms with Crippen LogP contribution in [-0.2, 0) is 6.42 Å². The van der Waals surface area contributed by atoms with Gasteiger partial charge in [-0.2, -0.15) is 0 Å². The van der Waals surface area contributed by atoms with E-state index in [1.165, 1.54) is 0 Å². The molecule has 0 aliphatic carbocycles. The van der Waals surface area contributed by atoms with E-state index < -0.39 is 0 Å². The lowest BCUT2D eigenvalue weighted by atomic mass is 10.2. The Labute approximate surface area is 65.9 Å². The van der Waals surface area contributed by atoms with Crippen LogP contribution in [0.4, 0.5) is 0 Å². The van der Waals surface area contributed by atoms with Crippen LogP contribution in [0.5, 0.6) is 0 Å². The Morgan fingerprint density at radius 1 is 1.30 bits per heavy atom. The van der Waals surface area contributed by atoms with Gasteiger partial charge in [-0.05, 0) is 5.56 Å². The zero-order valence-electron chi connectivity index (χ0n) is 5.50. The Morgan fingerprint density at radius 2 is 1.90 bits per heavy atom. The van der Waals surface area contributed by atoms with Crippen molar-refractivity contribution >= 4 is 17.2 Å². The van der Waals surface area contributed by atoms with Crippen molar-refractivity contribution in [2.45, 2.75) is 6.42 Å². The van der Waals surface area contributed by atoms with Crippen LogP contribution in [-0.4, -0.2) is 4.99 Å². The molecule has 0 unspecified atom stereocenters. The minimum absolute atomic E-state index is 0.297. The molecule has 0 amide bonds. The number of hydrogen-bond acceptors (Lipinski definition) is 1. The van der Waals surface area contributed by atoms with Crippen molar-refractivity contribution < 1.29 is 0 Å². The molecule has 0 spiro atoms. The lowest BCUT2D eigenvalue weighted by molar-refractivity contribution is 1.32. The largest absolute Gasteiger partial charge is 0.293 e. The summed E-state index contributed by atoms with van der Waals surface area (Å²) in [4.78, 5) is 0.297. The van der Waals surface area contributed by atoms with Gasteiger partial charge in [0.15, 0.2) is 0 Å². The van der Waals surface area contributed by atoms with Crippen LogP contribution in [0, 0.1) is 0 Å². The van der Waals surface area contributed by atoms with E-state index in [0.29, 0.717) is 11.4 Å². The summed E-state index contributed by atoms with van der Waals surface area (Å²) in [6.07, 6.45) is 0.593. The van der Waals surface area contributed by atoms with E-state index in [1.54, 1.807) is 0 Å². The molecule has 0 bridgehead atoms. The highest BCUT2D eigenvalue weighted by Gasteiger charge is 1.91. The van der Waals surface area contributed by atoms with Crippen LogP contribution in [0.15, 0.2) is 30.3 Å². The molecule has 0 atom stereocenters. The molecule has 1 radical (unpaired) electrons. The third-order valence-corrected chi connectivity index (χ3v) is 1.35. The average Bonchev–Trinajstić information content (AvgIpc) is 1.88. The van der Waals surface area contributed by atoms with Crippen LogP contribution in [0.2, 0.25) is 0 Å². The molecule has 1 rings (SSSR count). The first-order valence-corrected chi connectivity index (χ1v) is 3.48. The highest BCUT2D eigenvalue weighted by atomic mass is 32.1. The zero-order chi connectivity index (χ0) is 7.40. The molecule has 1 N–H and O–H groups in total. The van der Waals surface area contributed by atoms with Gasteiger partial charge in [0.05, 0.1) is 4.99 Å². The van der Waals surface area contributed by atoms with Gasteiger partial charge in [-0.15, -0.1) is 0 Å². The summed E-state index contributed by atoms with van der Waals surface area (Å²) in [5.74, 6) is 0. The Balaban J connectivity index is 2.67. The summed E-state index contributed by atoms with van der Waals surface area (Å²) in [5.41, 5.74) is 8.16. The Bertz CT molecular complexity index is 218. The standard InChI is InChI=1S/C8H8NS/c9-8(10)6-7-4-2-1-3-5-7/h1-5,9H,6H2. The first-order chi connectivity index (χ1) is 4.79. The van der Waals surface area contributed by atoms with Gasteiger partial charge in [-0.3, -0.25) is 5.73 Å². The van der Waals surface area contributed by atoms with Gasteiger partial charge in [0.1, 0.15) is 0 Å². The molecule has 10 heavy (non-hydrogen) atoms. The molecule has 51 valence electrons. The fourth-order valence-electron chi connectivity index (χ4n) is 0.781. The van der Waals surface area contributed by atoms with E-state index in [4.69, 9.17) is 5.73 Å². The van der Waals surface area contributed by atoms with Crippen molar-refractivity contribution in [2.75, 3.05) is 0 Å². The summed E-state index contributed by atoms with van der Waals surface area (Å²) in [7, 11) is 0. The van der Waals surface area contributed by atoms with Gasteiger partial charge in [-0.1, -0.05) is 42.5 Å². The second-order valence-electron chi connectivity index (χ2n) is 2.09. The third kappa shape index (κ3) is 2.15. The van der Waals surface area contributed by atoms with Crippen LogP contribution in [0.25, 0.3) is 0 Å². The van der Waals surface area contributed by atoms with Gasteiger partial charge in [-0.25, -0.2) is 0 Å². The summed E-state index contributed by atoms with van der Waals surface area (Å²) >= 11 is 4.64. The smallest absolute Gasteiger partial charge is 0.0984 e. The van der Waals surface area contributed by atoms with Gasteiger partial charge < -0.3 is 0 Å². The normalized spacial score (nSPS) is 9.20. The first kappa shape index (κ1) is 7.22. The summed E-state index contributed by atoms with van der Waals surface area (Å²) in [5, 5.41) is 0. The maximum absolute atomic E-state index is 7.05. The topological polar surface area (TPSA) is 23.8 Å². The second kappa shape index (κ2) is 3.32. The van der Waals surface area contributed by atoms with Gasteiger partial charge in [0.25, 0.3) is 0 Å². The summed E-state index contributed by atoms with van der Waals surface area (Å²) in [6.45, 7) is 0. The summed E-state index contributed by atoms with van der Waals surface area (Å²) < 4.78 is 0. The molecule has 0 aromatic heterocycles. The Morgan fingerprint density at radius 3 is 2.40 bits per heavy atom. The predicted octanol–water partition coefficient (Wildman–Crippen LogP) is 1.84. The van der Waals surface area contributed by atoms with Gasteiger partial charge in [0, 0.05) is 6.42 Å². The molecular formula is C8H8NS. The first-order valence-electron chi connectivity index (χ1n) is 3.07. The maximum Gasteiger partial charge on any atom is 0.0984 e. The summed E-state index contributed by atoms with van der Waals surface area (Å²) in [6, 6.07) is 9.80. The lowest BCUT2D eigenvalue weighted by Crippen LogP contribution is -1.98. The van der Waals surface area contributed by atoms with Crippen LogP contribution in [0.1, 0.15) is 5.56 Å². The van der Waals surface area contributed by atoms with E-state index in [1.807, 2.05) is 30.3 Å². The van der Waals surface area contributed by atoms with Crippen molar-refractivity contribution in [3.8, 4) is 0 Å². The fourth-order valence-corrected chi connectivity index (χ4v) is 0.948. The molecule has 0 aliphatic rings. The number of rotatable bonds is 2. The van der Waals surface area contributed by atoms with E-state index in [2.05, 4.69) is 12.2 Å². The molecule has 0 aliphatic heterocycles. The van der Waals surface area contributed by atoms with Crippen molar-refractivity contribution in [2.24, 2.45) is 0 Å². The number of benzene rings is 1. The zero-order valence-corrected chi connectivity index (χ0v) is 6.32. The van der Waals surface area contributed by atoms with Crippen molar-refractivity contribution in [1.29, 1.82) is 0 Å². The molecule has 1 aromatic rings. The van der Waals surface area contributed by atoms with Crippen molar-refractivity contribution in [1.82, 2.24) is 5.73 Å². The SMILES string of the molecule is [NH]C(=S)Cc1ccccc1. The van der Waals surface area contributed by atoms with Crippen LogP contribution in [0.3, 0.4) is 0 Å². The van der Waals surface area contributed by atoms with E-state index in [-0.39, 0.29) is 0 Å². The molecule has 1 nitrogen and oxygen atoms in total. The lowest BCUT2D eigenvalue weighted by Gasteiger charge is -1.94. The van der Waals surface area contributed by atoms with E-state index in [0.717, 1.165) is 5.56 Å². The van der Waals surface area contributed by atoms with Gasteiger partial charge in [0.2, 0.25) is 0 Å². The average molecular weight is 150 g/mol. The minimum atomic E-state index is 0.297. The third-order valence-electron chi connectivity index (χ3n) is 1.21. The van der Waals surface area contributed by atoms with Crippen molar-refractivity contribution in [3.63, 3.8) is 0 Å². The van der Waals surface area contributed by atoms with E-state index >= 15 is 0 Å². The van der Waals surface area contributed by atoms with Gasteiger partial charge >= 0.3 is 0 Å². The molecular weight excluding hydrogens is 142 g/mol. The quantitative estimate of drug-likeness (QED) is 0.590. The Kier molecular flexibility index (Phi) is 2.40. The maximum atomic E-state index is 7.05. The monoisotopic (exact) mass is 150 g/mol. The molecule has 0 saturated carbocycles. The predicted molar refractivity (Wildman–Crippen MR) is 45.8 cm³/mol. The molecule has 0 heterocycles. The molecule has 0 saturated heterocycles. The number of thiocarbonyl (C=S) groups is 1. The highest BCUT2D eigenvalue weighted by molar-refractivity contribution is 7.80. The van der Waals surface area contributed by atoms with Crippen molar-refractivity contribution in [3.05, 3.63) is 35.9 Å². The minimum Gasteiger partial charge on any atom is -0.293 e. The van der Waals surface area contributed by atoms with E-state index in [9.17, 15) is 0 Å². The highest BCUT2D eigenvalue weighted by Crippen LogP contribution is 1.98. The van der Waals surface area contributed by atoms with Crippen LogP contribution >= 0.6 is 12.2 Å². The molecule has 0 fully saturated rings. The Hall–Kier alpha value is -0.890.